The molecular formula is C10H22O3Si. The summed E-state index contributed by atoms with van der Waals surface area (Å²) in [6.07, 6.45) is 5.48. The third-order valence-corrected chi connectivity index (χ3v) is 4.31. The number of ether oxygens (including phenoxy) is 1. The average molecular weight is 218 g/mol. The lowest BCUT2D eigenvalue weighted by Crippen LogP contribution is -2.37. The van der Waals surface area contributed by atoms with E-state index in [4.69, 9.17) is 9.84 Å². The number of aliphatic hydroxyl groups is 2. The van der Waals surface area contributed by atoms with E-state index in [1.807, 2.05) is 0 Å². The molecule has 2 N–H and O–H groups in total. The molecule has 3 nitrogen and oxygen atoms in total. The van der Waals surface area contributed by atoms with Crippen molar-refractivity contribution in [2.45, 2.75) is 49.9 Å². The van der Waals surface area contributed by atoms with Crippen molar-refractivity contribution in [3.05, 3.63) is 0 Å². The van der Waals surface area contributed by atoms with Gasteiger partial charge in [-0.15, -0.1) is 0 Å². The summed E-state index contributed by atoms with van der Waals surface area (Å²) in [5, 5.41) is 18.3. The molecule has 0 bridgehead atoms. The molecule has 0 spiro atoms. The van der Waals surface area contributed by atoms with E-state index in [1.165, 1.54) is 12.8 Å². The van der Waals surface area contributed by atoms with Gasteiger partial charge in [0.15, 0.2) is 0 Å². The van der Waals surface area contributed by atoms with E-state index in [-0.39, 0.29) is 17.9 Å². The summed E-state index contributed by atoms with van der Waals surface area (Å²) in [4.78, 5) is 0. The molecule has 4 heteroatoms. The lowest BCUT2D eigenvalue weighted by Gasteiger charge is -2.34. The van der Waals surface area contributed by atoms with Gasteiger partial charge in [0.05, 0.1) is 6.10 Å². The first-order valence-electron chi connectivity index (χ1n) is 5.59. The SMILES string of the molecule is OCCC(O)CCC1([SiH3])CCCCO1. The van der Waals surface area contributed by atoms with Crippen LogP contribution >= 0.6 is 0 Å². The normalized spacial score (nSPS) is 30.4. The van der Waals surface area contributed by atoms with Gasteiger partial charge in [0, 0.05) is 28.7 Å². The molecule has 1 fully saturated rings. The first-order chi connectivity index (χ1) is 6.66. The van der Waals surface area contributed by atoms with E-state index < -0.39 is 0 Å². The molecule has 1 rings (SSSR count). The molecule has 2 unspecified atom stereocenters. The van der Waals surface area contributed by atoms with Gasteiger partial charge in [0.25, 0.3) is 0 Å². The Balaban J connectivity index is 2.21. The monoisotopic (exact) mass is 218 g/mol. The summed E-state index contributed by atoms with van der Waals surface area (Å²) in [5.74, 6) is 0. The van der Waals surface area contributed by atoms with Gasteiger partial charge in [-0.25, -0.2) is 0 Å². The number of rotatable bonds is 5. The van der Waals surface area contributed by atoms with Gasteiger partial charge in [0.1, 0.15) is 0 Å². The smallest absolute Gasteiger partial charge is 0.0563 e. The minimum Gasteiger partial charge on any atom is -0.396 e. The molecule has 0 aromatic heterocycles. The van der Waals surface area contributed by atoms with Crippen LogP contribution in [0.1, 0.15) is 38.5 Å². The molecular weight excluding hydrogens is 196 g/mol. The zero-order valence-corrected chi connectivity index (χ0v) is 11.0. The molecule has 0 aromatic carbocycles. The molecule has 0 radical (unpaired) electrons. The van der Waals surface area contributed by atoms with E-state index in [0.29, 0.717) is 6.42 Å². The topological polar surface area (TPSA) is 49.7 Å². The number of hydrogen-bond acceptors (Lipinski definition) is 3. The second-order valence-corrected chi connectivity index (χ2v) is 6.28. The fourth-order valence-electron chi connectivity index (χ4n) is 1.95. The van der Waals surface area contributed by atoms with E-state index in [2.05, 4.69) is 0 Å². The lowest BCUT2D eigenvalue weighted by atomic mass is 10.0. The Morgan fingerprint density at radius 1 is 1.36 bits per heavy atom. The van der Waals surface area contributed by atoms with E-state index in [1.54, 1.807) is 0 Å². The predicted octanol–water partition coefficient (Wildman–Crippen LogP) is -0.228. The van der Waals surface area contributed by atoms with Crippen LogP contribution in [0.5, 0.6) is 0 Å². The Kier molecular flexibility index (Phi) is 5.09. The summed E-state index contributed by atoms with van der Waals surface area (Å²) >= 11 is 0. The molecule has 1 heterocycles. The van der Waals surface area contributed by atoms with Gasteiger partial charge in [-0.05, 0) is 38.5 Å². The third kappa shape index (κ3) is 4.08. The Morgan fingerprint density at radius 2 is 2.14 bits per heavy atom. The van der Waals surface area contributed by atoms with Crippen LogP contribution in [0.2, 0.25) is 0 Å². The average Bonchev–Trinajstić information content (AvgIpc) is 2.17. The highest BCUT2D eigenvalue weighted by molar-refractivity contribution is 6.14. The van der Waals surface area contributed by atoms with Crippen LogP contribution in [0.4, 0.5) is 0 Å². The van der Waals surface area contributed by atoms with Crippen LogP contribution in [0, 0.1) is 0 Å². The van der Waals surface area contributed by atoms with Crippen molar-refractivity contribution in [1.29, 1.82) is 0 Å². The van der Waals surface area contributed by atoms with Crippen LogP contribution < -0.4 is 0 Å². The molecule has 14 heavy (non-hydrogen) atoms. The number of aliphatic hydroxyl groups excluding tert-OH is 2. The Morgan fingerprint density at radius 3 is 2.71 bits per heavy atom. The van der Waals surface area contributed by atoms with E-state index in [0.717, 1.165) is 36.1 Å². The van der Waals surface area contributed by atoms with Crippen molar-refractivity contribution in [3.63, 3.8) is 0 Å². The fourth-order valence-corrected chi connectivity index (χ4v) is 2.80. The minimum atomic E-state index is -0.351. The molecule has 84 valence electrons. The standard InChI is InChI=1S/C10H22O3Si/c11-7-4-9(12)3-6-10(14)5-1-2-8-13-10/h9,11-12H,1-8H2,14H3. The van der Waals surface area contributed by atoms with Crippen LogP contribution in [0.3, 0.4) is 0 Å². The van der Waals surface area contributed by atoms with Crippen LogP contribution in [-0.2, 0) is 4.74 Å². The van der Waals surface area contributed by atoms with Crippen molar-refractivity contribution in [2.24, 2.45) is 0 Å². The zero-order valence-electron chi connectivity index (χ0n) is 9.04. The molecule has 0 aromatic rings. The quantitative estimate of drug-likeness (QED) is 0.627. The first kappa shape index (κ1) is 12.2. The predicted molar refractivity (Wildman–Crippen MR) is 59.4 cm³/mol. The van der Waals surface area contributed by atoms with Gasteiger partial charge in [-0.3, -0.25) is 0 Å². The summed E-state index contributed by atoms with van der Waals surface area (Å²) in [6, 6.07) is 0. The van der Waals surface area contributed by atoms with Crippen LogP contribution in [0.25, 0.3) is 0 Å². The van der Waals surface area contributed by atoms with E-state index in [9.17, 15) is 5.11 Å². The molecule has 1 aliphatic rings. The van der Waals surface area contributed by atoms with E-state index >= 15 is 0 Å². The molecule has 1 saturated heterocycles. The Labute approximate surface area is 88.9 Å². The summed E-state index contributed by atoms with van der Waals surface area (Å²) < 4.78 is 5.78. The molecule has 0 aliphatic carbocycles. The maximum Gasteiger partial charge on any atom is 0.0563 e. The third-order valence-electron chi connectivity index (χ3n) is 3.02. The highest BCUT2D eigenvalue weighted by Gasteiger charge is 2.27. The van der Waals surface area contributed by atoms with Gasteiger partial charge in [-0.2, -0.15) is 0 Å². The Bertz CT molecular complexity index is 157. The van der Waals surface area contributed by atoms with Gasteiger partial charge >= 0.3 is 0 Å². The fraction of sp³-hybridized carbons (Fsp3) is 1.00. The summed E-state index contributed by atoms with van der Waals surface area (Å²) in [5.41, 5.74) is 0. The number of hydrogen-bond donors (Lipinski definition) is 2. The van der Waals surface area contributed by atoms with Crippen LogP contribution in [-0.4, -0.2) is 45.0 Å². The highest BCUT2D eigenvalue weighted by atomic mass is 28.1. The Hall–Kier alpha value is 0.0969. The maximum atomic E-state index is 9.49. The minimum absolute atomic E-state index is 0.0795. The zero-order chi connectivity index (χ0) is 10.4. The molecule has 0 saturated carbocycles. The second kappa shape index (κ2) is 5.85. The van der Waals surface area contributed by atoms with Crippen LogP contribution in [0.15, 0.2) is 0 Å². The van der Waals surface area contributed by atoms with Crippen molar-refractivity contribution < 1.29 is 14.9 Å². The lowest BCUT2D eigenvalue weighted by molar-refractivity contribution is -0.0312. The molecule has 1 aliphatic heterocycles. The van der Waals surface area contributed by atoms with Crippen molar-refractivity contribution in [3.8, 4) is 0 Å². The van der Waals surface area contributed by atoms with Crippen molar-refractivity contribution in [2.75, 3.05) is 13.2 Å². The highest BCUT2D eigenvalue weighted by Crippen LogP contribution is 2.27. The second-order valence-electron chi connectivity index (χ2n) is 4.46. The van der Waals surface area contributed by atoms with Gasteiger partial charge in [0.2, 0.25) is 0 Å². The first-order valence-corrected chi connectivity index (χ1v) is 6.59. The van der Waals surface area contributed by atoms with Gasteiger partial charge < -0.3 is 14.9 Å². The molecule has 0 amide bonds. The largest absolute Gasteiger partial charge is 0.396 e. The maximum absolute atomic E-state index is 9.49. The van der Waals surface area contributed by atoms with Crippen molar-refractivity contribution >= 4 is 10.2 Å². The summed E-state index contributed by atoms with van der Waals surface area (Å²) in [7, 11) is 1.04. The summed E-state index contributed by atoms with van der Waals surface area (Å²) in [6.45, 7) is 0.968. The molecule has 2 atom stereocenters. The van der Waals surface area contributed by atoms with Gasteiger partial charge in [-0.1, -0.05) is 0 Å². The van der Waals surface area contributed by atoms with Crippen molar-refractivity contribution in [1.82, 2.24) is 0 Å².